The van der Waals surface area contributed by atoms with Crippen LogP contribution in [0.5, 0.6) is 11.5 Å². The summed E-state index contributed by atoms with van der Waals surface area (Å²) in [4.78, 5) is 31.4. The van der Waals surface area contributed by atoms with Crippen molar-refractivity contribution < 1.29 is 23.5 Å². The summed E-state index contributed by atoms with van der Waals surface area (Å²) in [5.74, 6) is -1.07. The molecule has 1 unspecified atom stereocenters. The molecule has 0 bridgehead atoms. The van der Waals surface area contributed by atoms with Crippen LogP contribution in [0.2, 0.25) is 0 Å². The van der Waals surface area contributed by atoms with Crippen molar-refractivity contribution in [2.75, 3.05) is 31.5 Å². The third kappa shape index (κ3) is 4.69. The summed E-state index contributed by atoms with van der Waals surface area (Å²) in [6.45, 7) is 0. The van der Waals surface area contributed by atoms with Gasteiger partial charge < -0.3 is 14.8 Å². The number of nitrogens with one attached hydrogen (secondary N) is 1. The molecule has 1 heterocycles. The van der Waals surface area contributed by atoms with E-state index in [0.717, 1.165) is 11.0 Å². The second-order valence-corrected chi connectivity index (χ2v) is 8.91. The molecule has 1 fully saturated rings. The molecule has 2 aromatic carbocycles. The molecule has 12 heteroatoms. The Labute approximate surface area is 198 Å². The van der Waals surface area contributed by atoms with Crippen molar-refractivity contribution in [3.8, 4) is 11.5 Å². The highest BCUT2D eigenvalue weighted by Gasteiger charge is 2.44. The Hall–Kier alpha value is -2.75. The number of rotatable bonds is 6. The Morgan fingerprint density at radius 3 is 2.38 bits per heavy atom. The first kappa shape index (κ1) is 23.9. The van der Waals surface area contributed by atoms with Crippen LogP contribution in [0, 0.1) is 5.82 Å². The average Bonchev–Trinajstić information content (AvgIpc) is 2.96. The van der Waals surface area contributed by atoms with Crippen LogP contribution >= 0.6 is 34.8 Å². The number of hydrogen-bond acceptors (Lipinski definition) is 6. The number of alkyl halides is 3. The normalized spacial score (nSPS) is 16.5. The second-order valence-electron chi connectivity index (χ2n) is 6.54. The number of carbonyl (C=O) groups is 2. The van der Waals surface area contributed by atoms with Gasteiger partial charge in [-0.1, -0.05) is 46.9 Å². The van der Waals surface area contributed by atoms with E-state index >= 15 is 0 Å². The van der Waals surface area contributed by atoms with E-state index in [1.807, 2.05) is 0 Å². The smallest absolute Gasteiger partial charge is 0.337 e. The van der Waals surface area contributed by atoms with Crippen molar-refractivity contribution >= 4 is 64.0 Å². The Balaban J connectivity index is 1.99. The number of carbonyl (C=O) groups excluding carboxylic acids is 2. The van der Waals surface area contributed by atoms with Crippen molar-refractivity contribution in [1.29, 1.82) is 0 Å². The number of methoxy groups -OCH3 is 2. The van der Waals surface area contributed by atoms with Gasteiger partial charge in [-0.15, -0.1) is 0 Å². The molecule has 1 N–H and O–H groups in total. The van der Waals surface area contributed by atoms with Gasteiger partial charge in [0.2, 0.25) is 9.63 Å². The minimum absolute atomic E-state index is 0.213. The van der Waals surface area contributed by atoms with Crippen LogP contribution in [0.25, 0.3) is 0 Å². The molecule has 3 rings (SSSR count). The molecule has 0 spiro atoms. The number of imide groups is 1. The number of ether oxygens (including phenoxy) is 2. The van der Waals surface area contributed by atoms with Crippen molar-refractivity contribution in [2.24, 2.45) is 4.99 Å². The molecule has 0 aliphatic carbocycles. The molecule has 1 aliphatic rings. The van der Waals surface area contributed by atoms with Gasteiger partial charge in [-0.2, -0.15) is 0 Å². The van der Waals surface area contributed by atoms with Crippen LogP contribution in [-0.2, 0) is 4.79 Å². The summed E-state index contributed by atoms with van der Waals surface area (Å²) in [5.41, 5.74) is 0.175. The van der Waals surface area contributed by atoms with E-state index in [4.69, 9.17) is 44.3 Å². The fraction of sp³-hybridized carbons (Fsp3) is 0.250. The van der Waals surface area contributed by atoms with Gasteiger partial charge in [0.1, 0.15) is 17.3 Å². The van der Waals surface area contributed by atoms with E-state index in [2.05, 4.69) is 10.3 Å². The maximum absolute atomic E-state index is 14.2. The lowest BCUT2D eigenvalue weighted by atomic mass is 10.2. The Kier molecular flexibility index (Phi) is 7.02. The minimum Gasteiger partial charge on any atom is -0.497 e. The predicted octanol–water partition coefficient (Wildman–Crippen LogP) is 4.45. The maximum atomic E-state index is 14.2. The quantitative estimate of drug-likeness (QED) is 0.465. The number of hydrogen-bond donors (Lipinski definition) is 1. The zero-order valence-corrected chi connectivity index (χ0v) is 19.4. The molecule has 2 aromatic rings. The summed E-state index contributed by atoms with van der Waals surface area (Å²) >= 11 is 18.3. The van der Waals surface area contributed by atoms with E-state index in [-0.39, 0.29) is 11.5 Å². The molecular weight excluding hydrogens is 486 g/mol. The molecule has 32 heavy (non-hydrogen) atoms. The van der Waals surface area contributed by atoms with Crippen LogP contribution in [0.3, 0.4) is 0 Å². The number of halogens is 4. The molecule has 8 nitrogen and oxygen atoms in total. The minimum atomic E-state index is -2.03. The van der Waals surface area contributed by atoms with Gasteiger partial charge in [0.15, 0.2) is 6.17 Å². The first-order chi connectivity index (χ1) is 15.1. The molecule has 1 saturated heterocycles. The Morgan fingerprint density at radius 2 is 1.78 bits per heavy atom. The van der Waals surface area contributed by atoms with E-state index < -0.39 is 27.7 Å². The number of aliphatic imine (C=N–C) groups is 1. The topological polar surface area (TPSA) is 83.5 Å². The van der Waals surface area contributed by atoms with Crippen molar-refractivity contribution in [3.63, 3.8) is 0 Å². The van der Waals surface area contributed by atoms with Crippen LogP contribution < -0.4 is 19.7 Å². The van der Waals surface area contributed by atoms with Gasteiger partial charge in [-0.3, -0.25) is 9.69 Å². The summed E-state index contributed by atoms with van der Waals surface area (Å²) in [6.07, 6.45) is -1.32. The number of urea groups is 1. The van der Waals surface area contributed by atoms with Gasteiger partial charge >= 0.3 is 11.9 Å². The van der Waals surface area contributed by atoms with Crippen LogP contribution in [0.1, 0.15) is 0 Å². The molecular formula is C20H18Cl3FN4O4. The van der Waals surface area contributed by atoms with E-state index in [9.17, 15) is 14.0 Å². The number of likely N-dealkylation sites (N-methyl/N-ethyl adjacent to an activating group) is 1. The highest BCUT2D eigenvalue weighted by Crippen LogP contribution is 2.37. The lowest BCUT2D eigenvalue weighted by Gasteiger charge is -2.25. The van der Waals surface area contributed by atoms with E-state index in [1.165, 1.54) is 39.5 Å². The molecule has 0 saturated carbocycles. The van der Waals surface area contributed by atoms with Gasteiger partial charge in [-0.25, -0.2) is 19.1 Å². The van der Waals surface area contributed by atoms with Crippen molar-refractivity contribution in [1.82, 2.24) is 4.90 Å². The molecule has 3 amide bonds. The SMILES string of the molecule is COc1ccc(NC(N=C2C(=O)N(c3ccccc3F)C(=O)N2C)C(Cl)(Cl)Cl)c(OC)c1. The number of amides is 3. The fourth-order valence-electron chi connectivity index (χ4n) is 2.93. The van der Waals surface area contributed by atoms with E-state index in [0.29, 0.717) is 22.1 Å². The van der Waals surface area contributed by atoms with Crippen molar-refractivity contribution in [3.05, 3.63) is 48.3 Å². The lowest BCUT2D eigenvalue weighted by Crippen LogP contribution is -2.36. The largest absolute Gasteiger partial charge is 0.497 e. The average molecular weight is 504 g/mol. The zero-order valence-electron chi connectivity index (χ0n) is 17.1. The third-order valence-electron chi connectivity index (χ3n) is 4.55. The van der Waals surface area contributed by atoms with Crippen LogP contribution in [0.4, 0.5) is 20.6 Å². The lowest BCUT2D eigenvalue weighted by molar-refractivity contribution is -0.111. The zero-order chi connectivity index (χ0) is 23.6. The number of nitrogens with zero attached hydrogens (tertiary/aromatic N) is 3. The summed E-state index contributed by atoms with van der Waals surface area (Å²) in [6, 6.07) is 9.41. The first-order valence-corrected chi connectivity index (χ1v) is 10.2. The predicted molar refractivity (Wildman–Crippen MR) is 122 cm³/mol. The van der Waals surface area contributed by atoms with Crippen LogP contribution in [0.15, 0.2) is 47.5 Å². The van der Waals surface area contributed by atoms with Gasteiger partial charge in [0, 0.05) is 13.1 Å². The maximum Gasteiger partial charge on any atom is 0.337 e. The monoisotopic (exact) mass is 502 g/mol. The number of benzene rings is 2. The summed E-state index contributed by atoms with van der Waals surface area (Å²) in [5, 5.41) is 2.89. The fourth-order valence-corrected chi connectivity index (χ4v) is 3.24. The molecule has 1 atom stereocenters. The van der Waals surface area contributed by atoms with E-state index in [1.54, 1.807) is 18.2 Å². The Bertz CT molecular complexity index is 1080. The Morgan fingerprint density at radius 1 is 1.09 bits per heavy atom. The second kappa shape index (κ2) is 9.40. The first-order valence-electron chi connectivity index (χ1n) is 9.08. The van der Waals surface area contributed by atoms with Gasteiger partial charge in [-0.05, 0) is 24.3 Å². The molecule has 170 valence electrons. The molecule has 1 aliphatic heterocycles. The number of anilines is 2. The highest BCUT2D eigenvalue weighted by molar-refractivity contribution is 6.68. The van der Waals surface area contributed by atoms with Gasteiger partial charge in [0.25, 0.3) is 0 Å². The molecule has 0 radical (unpaired) electrons. The third-order valence-corrected chi connectivity index (χ3v) is 5.17. The van der Waals surface area contributed by atoms with Crippen LogP contribution in [-0.4, -0.2) is 53.9 Å². The summed E-state index contributed by atoms with van der Waals surface area (Å²) in [7, 11) is 4.25. The standard InChI is InChI=1S/C20H18Cl3FN4O4/c1-27-16(17(29)28(19(27)30)14-7-5-4-6-12(14)24)26-18(20(21,22)23)25-13-9-8-11(31-2)10-15(13)32-3/h4-10,18,25H,1-3H3. The van der Waals surface area contributed by atoms with Crippen molar-refractivity contribution in [2.45, 2.75) is 9.96 Å². The number of amidine groups is 1. The number of para-hydroxylation sites is 1. The highest BCUT2D eigenvalue weighted by atomic mass is 35.6. The van der Waals surface area contributed by atoms with Gasteiger partial charge in [0.05, 0.1) is 25.6 Å². The molecule has 0 aromatic heterocycles. The summed E-state index contributed by atoms with van der Waals surface area (Å²) < 4.78 is 22.7.